The number of para-hydroxylation sites is 2. The van der Waals surface area contributed by atoms with Crippen LogP contribution in [0.25, 0.3) is 6.08 Å². The highest BCUT2D eigenvalue weighted by Gasteiger charge is 2.22. The first-order valence-corrected chi connectivity index (χ1v) is 5.97. The van der Waals surface area contributed by atoms with Crippen LogP contribution >= 0.6 is 0 Å². The van der Waals surface area contributed by atoms with Crippen LogP contribution in [0.4, 0.5) is 11.4 Å². The monoisotopic (exact) mass is 235 g/mol. The number of hydrogen-bond acceptors (Lipinski definition) is 2. The first-order chi connectivity index (χ1) is 8.90. The maximum absolute atomic E-state index is 11.3. The molecule has 0 spiro atoms. The van der Waals surface area contributed by atoms with E-state index in [0.29, 0.717) is 0 Å². The summed E-state index contributed by atoms with van der Waals surface area (Å²) in [6.45, 7) is 0. The summed E-state index contributed by atoms with van der Waals surface area (Å²) in [5.41, 5.74) is 3.24. The van der Waals surface area contributed by atoms with Gasteiger partial charge in [-0.15, -0.1) is 0 Å². The van der Waals surface area contributed by atoms with E-state index in [9.17, 15) is 4.79 Å². The fourth-order valence-electron chi connectivity index (χ4n) is 2.30. The topological polar surface area (TPSA) is 20.3 Å². The van der Waals surface area contributed by atoms with Crippen LogP contribution in [0.15, 0.2) is 60.7 Å². The highest BCUT2D eigenvalue weighted by molar-refractivity contribution is 5.85. The van der Waals surface area contributed by atoms with Crippen molar-refractivity contribution in [3.05, 3.63) is 66.2 Å². The zero-order valence-electron chi connectivity index (χ0n) is 9.86. The maximum atomic E-state index is 11.3. The van der Waals surface area contributed by atoms with E-state index < -0.39 is 0 Å². The summed E-state index contributed by atoms with van der Waals surface area (Å²) >= 11 is 0. The first-order valence-electron chi connectivity index (χ1n) is 5.97. The number of carbonyl (C=O) groups excluding carboxylic acids is 1. The van der Waals surface area contributed by atoms with E-state index in [-0.39, 0.29) is 6.04 Å². The van der Waals surface area contributed by atoms with Crippen molar-refractivity contribution in [1.82, 2.24) is 0 Å². The largest absolute Gasteiger partial charge is 0.327 e. The number of nitrogens with zero attached hydrogens (tertiary/aromatic N) is 1. The van der Waals surface area contributed by atoms with Gasteiger partial charge in [0.25, 0.3) is 0 Å². The smallest absolute Gasteiger partial charge is 0.146 e. The Balaban J connectivity index is 2.15. The molecule has 2 nitrogen and oxygen atoms in total. The van der Waals surface area contributed by atoms with Gasteiger partial charge in [-0.1, -0.05) is 48.6 Å². The van der Waals surface area contributed by atoms with Crippen LogP contribution in [-0.2, 0) is 4.79 Å². The quantitative estimate of drug-likeness (QED) is 0.743. The second-order valence-electron chi connectivity index (χ2n) is 4.25. The zero-order valence-corrected chi connectivity index (χ0v) is 9.86. The molecule has 88 valence electrons. The molecule has 0 amide bonds. The van der Waals surface area contributed by atoms with Crippen molar-refractivity contribution >= 4 is 23.7 Å². The summed E-state index contributed by atoms with van der Waals surface area (Å²) in [4.78, 5) is 13.3. The van der Waals surface area contributed by atoms with E-state index in [1.54, 1.807) is 0 Å². The molecule has 1 aliphatic rings. The van der Waals surface area contributed by atoms with Crippen molar-refractivity contribution in [1.29, 1.82) is 0 Å². The van der Waals surface area contributed by atoms with Crippen LogP contribution in [-0.4, -0.2) is 12.3 Å². The predicted octanol–water partition coefficient (Wildman–Crippen LogP) is 3.42. The number of aldehydes is 1. The third kappa shape index (κ3) is 1.72. The Morgan fingerprint density at radius 3 is 2.44 bits per heavy atom. The Morgan fingerprint density at radius 2 is 1.67 bits per heavy atom. The minimum Gasteiger partial charge on any atom is -0.327 e. The molecule has 0 aromatic heterocycles. The summed E-state index contributed by atoms with van der Waals surface area (Å²) in [5, 5.41) is 0. The van der Waals surface area contributed by atoms with Crippen LogP contribution < -0.4 is 4.90 Å². The molecule has 0 saturated heterocycles. The van der Waals surface area contributed by atoms with Crippen LogP contribution in [0, 0.1) is 0 Å². The maximum Gasteiger partial charge on any atom is 0.146 e. The molecule has 1 atom stereocenters. The standard InChI is InChI=1S/C16H13NO/c18-12-15-11-10-13-6-4-5-9-16(13)17(15)14-7-2-1-3-8-14/h1-12,15H. The molecule has 0 N–H and O–H groups in total. The molecule has 2 aromatic rings. The lowest BCUT2D eigenvalue weighted by molar-refractivity contribution is -0.108. The van der Waals surface area contributed by atoms with Crippen molar-refractivity contribution < 1.29 is 4.79 Å². The summed E-state index contributed by atoms with van der Waals surface area (Å²) in [7, 11) is 0. The molecule has 2 heteroatoms. The van der Waals surface area contributed by atoms with Gasteiger partial charge in [0, 0.05) is 11.4 Å². The minimum atomic E-state index is -0.234. The molecule has 2 aromatic carbocycles. The molecular weight excluding hydrogens is 222 g/mol. The van der Waals surface area contributed by atoms with Crippen molar-refractivity contribution in [2.45, 2.75) is 6.04 Å². The number of fused-ring (bicyclic) bond motifs is 1. The summed E-state index contributed by atoms with van der Waals surface area (Å²) in [5.74, 6) is 0. The number of benzene rings is 2. The van der Waals surface area contributed by atoms with E-state index >= 15 is 0 Å². The van der Waals surface area contributed by atoms with E-state index in [4.69, 9.17) is 0 Å². The molecule has 0 saturated carbocycles. The van der Waals surface area contributed by atoms with Gasteiger partial charge in [0.15, 0.2) is 0 Å². The Morgan fingerprint density at radius 1 is 0.944 bits per heavy atom. The fraction of sp³-hybridized carbons (Fsp3) is 0.0625. The van der Waals surface area contributed by atoms with Gasteiger partial charge in [-0.2, -0.15) is 0 Å². The molecule has 18 heavy (non-hydrogen) atoms. The van der Waals surface area contributed by atoms with Crippen LogP contribution in [0.5, 0.6) is 0 Å². The van der Waals surface area contributed by atoms with Crippen LogP contribution in [0.1, 0.15) is 5.56 Å². The first kappa shape index (κ1) is 10.8. The van der Waals surface area contributed by atoms with Crippen LogP contribution in [0.3, 0.4) is 0 Å². The molecule has 0 bridgehead atoms. The lowest BCUT2D eigenvalue weighted by Gasteiger charge is -2.32. The molecule has 0 radical (unpaired) electrons. The van der Waals surface area contributed by atoms with E-state index in [2.05, 4.69) is 11.0 Å². The number of hydrogen-bond donors (Lipinski definition) is 0. The molecule has 1 unspecified atom stereocenters. The van der Waals surface area contributed by atoms with Gasteiger partial charge in [-0.3, -0.25) is 0 Å². The highest BCUT2D eigenvalue weighted by Crippen LogP contribution is 2.34. The minimum absolute atomic E-state index is 0.234. The zero-order chi connectivity index (χ0) is 12.4. The van der Waals surface area contributed by atoms with Gasteiger partial charge in [-0.25, -0.2) is 0 Å². The van der Waals surface area contributed by atoms with E-state index in [1.165, 1.54) is 0 Å². The molecule has 1 aliphatic heterocycles. The third-order valence-corrected chi connectivity index (χ3v) is 3.14. The Labute approximate surface area is 106 Å². The van der Waals surface area contributed by atoms with Gasteiger partial charge in [-0.05, 0) is 23.8 Å². The van der Waals surface area contributed by atoms with E-state index in [1.807, 2.05) is 60.7 Å². The highest BCUT2D eigenvalue weighted by atomic mass is 16.1. The summed E-state index contributed by atoms with van der Waals surface area (Å²) in [6.07, 6.45) is 4.91. The second-order valence-corrected chi connectivity index (χ2v) is 4.25. The van der Waals surface area contributed by atoms with Gasteiger partial charge in [0.1, 0.15) is 12.3 Å². The molecular formula is C16H13NO. The van der Waals surface area contributed by atoms with Crippen molar-refractivity contribution in [2.75, 3.05) is 4.90 Å². The van der Waals surface area contributed by atoms with Crippen molar-refractivity contribution in [3.63, 3.8) is 0 Å². The summed E-state index contributed by atoms with van der Waals surface area (Å²) < 4.78 is 0. The molecule has 1 heterocycles. The second kappa shape index (κ2) is 4.49. The van der Waals surface area contributed by atoms with Gasteiger partial charge in [0.05, 0.1) is 0 Å². The SMILES string of the molecule is O=CC1C=Cc2ccccc2N1c1ccccc1. The fourth-order valence-corrected chi connectivity index (χ4v) is 2.30. The lowest BCUT2D eigenvalue weighted by Crippen LogP contribution is -2.32. The average molecular weight is 235 g/mol. The van der Waals surface area contributed by atoms with E-state index in [0.717, 1.165) is 23.2 Å². The Bertz CT molecular complexity index is 589. The van der Waals surface area contributed by atoms with Gasteiger partial charge in [0.2, 0.25) is 0 Å². The third-order valence-electron chi connectivity index (χ3n) is 3.14. The lowest BCUT2D eigenvalue weighted by atomic mass is 10.0. The average Bonchev–Trinajstić information content (AvgIpc) is 2.47. The molecule has 0 fully saturated rings. The van der Waals surface area contributed by atoms with Gasteiger partial charge >= 0.3 is 0 Å². The molecule has 3 rings (SSSR count). The summed E-state index contributed by atoms with van der Waals surface area (Å²) in [6, 6.07) is 17.9. The van der Waals surface area contributed by atoms with Crippen molar-refractivity contribution in [2.24, 2.45) is 0 Å². The van der Waals surface area contributed by atoms with Gasteiger partial charge < -0.3 is 9.69 Å². The Hall–Kier alpha value is -2.35. The Kier molecular flexibility index (Phi) is 2.69. The van der Waals surface area contributed by atoms with Crippen molar-refractivity contribution in [3.8, 4) is 0 Å². The normalized spacial score (nSPS) is 17.3. The number of carbonyl (C=O) groups is 1. The number of rotatable bonds is 2. The predicted molar refractivity (Wildman–Crippen MR) is 73.9 cm³/mol. The molecule has 0 aliphatic carbocycles. The van der Waals surface area contributed by atoms with Crippen LogP contribution in [0.2, 0.25) is 0 Å². The number of anilines is 2.